The zero-order valence-electron chi connectivity index (χ0n) is 7.17. The predicted molar refractivity (Wildman–Crippen MR) is 42.1 cm³/mol. The van der Waals surface area contributed by atoms with Crippen molar-refractivity contribution < 1.29 is 14.6 Å². The van der Waals surface area contributed by atoms with Crippen LogP contribution in [0, 0.1) is 5.92 Å². The zero-order chi connectivity index (χ0) is 8.69. The molecule has 0 aromatic heterocycles. The molecule has 0 unspecified atom stereocenters. The largest absolute Gasteiger partial charge is 0.463 e. The van der Waals surface area contributed by atoms with E-state index in [1.807, 2.05) is 13.8 Å². The number of aliphatic hydroxyl groups excluding tert-OH is 1. The average molecular weight is 160 g/mol. The zero-order valence-corrected chi connectivity index (χ0v) is 7.17. The summed E-state index contributed by atoms with van der Waals surface area (Å²) in [5.41, 5.74) is 0. The molecule has 0 rings (SSSR count). The highest BCUT2D eigenvalue weighted by Gasteiger charge is 2.14. The lowest BCUT2D eigenvalue weighted by atomic mass is 10.0. The lowest BCUT2D eigenvalue weighted by Crippen LogP contribution is -2.17. The van der Waals surface area contributed by atoms with Crippen molar-refractivity contribution >= 4 is 5.97 Å². The quantitative estimate of drug-likeness (QED) is 0.609. The van der Waals surface area contributed by atoms with Gasteiger partial charge in [0.05, 0.1) is 12.5 Å². The average Bonchev–Trinajstić information content (AvgIpc) is 2.03. The molecule has 0 aliphatic rings. The maximum Gasteiger partial charge on any atom is 0.308 e. The SMILES string of the molecule is CCC(CC)C(=O)OCCO. The van der Waals surface area contributed by atoms with Crippen LogP contribution in [0.1, 0.15) is 26.7 Å². The Balaban J connectivity index is 3.61. The molecule has 3 heteroatoms. The maximum absolute atomic E-state index is 11.0. The number of carbonyl (C=O) groups excluding carboxylic acids is 1. The summed E-state index contributed by atoms with van der Waals surface area (Å²) < 4.78 is 4.75. The van der Waals surface area contributed by atoms with Crippen molar-refractivity contribution in [3.63, 3.8) is 0 Å². The fraction of sp³-hybridized carbons (Fsp3) is 0.875. The van der Waals surface area contributed by atoms with E-state index in [2.05, 4.69) is 0 Å². The first-order valence-electron chi connectivity index (χ1n) is 4.03. The Labute approximate surface area is 67.4 Å². The van der Waals surface area contributed by atoms with Crippen LogP contribution < -0.4 is 0 Å². The molecule has 0 heterocycles. The van der Waals surface area contributed by atoms with Crippen LogP contribution in [0.2, 0.25) is 0 Å². The topological polar surface area (TPSA) is 46.5 Å². The molecule has 0 amide bonds. The van der Waals surface area contributed by atoms with Gasteiger partial charge in [0.15, 0.2) is 0 Å². The molecule has 0 saturated carbocycles. The van der Waals surface area contributed by atoms with Gasteiger partial charge in [-0.2, -0.15) is 0 Å². The lowest BCUT2D eigenvalue weighted by Gasteiger charge is -2.10. The minimum absolute atomic E-state index is 0.00144. The van der Waals surface area contributed by atoms with Crippen molar-refractivity contribution in [3.05, 3.63) is 0 Å². The van der Waals surface area contributed by atoms with E-state index in [9.17, 15) is 4.79 Å². The van der Waals surface area contributed by atoms with Gasteiger partial charge in [-0.3, -0.25) is 4.79 Å². The molecule has 0 aliphatic heterocycles. The minimum atomic E-state index is -0.191. The Morgan fingerprint density at radius 1 is 1.45 bits per heavy atom. The molecule has 0 aromatic carbocycles. The van der Waals surface area contributed by atoms with Gasteiger partial charge in [0, 0.05) is 0 Å². The third-order valence-electron chi connectivity index (χ3n) is 1.65. The molecule has 0 fully saturated rings. The Kier molecular flexibility index (Phi) is 5.84. The van der Waals surface area contributed by atoms with E-state index in [4.69, 9.17) is 9.84 Å². The first-order valence-corrected chi connectivity index (χ1v) is 4.03. The second kappa shape index (κ2) is 6.16. The Bertz CT molecular complexity index is 108. The highest BCUT2D eigenvalue weighted by Crippen LogP contribution is 2.08. The molecular formula is C8H16O3. The van der Waals surface area contributed by atoms with Crippen LogP contribution in [0.3, 0.4) is 0 Å². The molecule has 66 valence electrons. The molecule has 1 N–H and O–H groups in total. The minimum Gasteiger partial charge on any atom is -0.463 e. The van der Waals surface area contributed by atoms with E-state index in [1.54, 1.807) is 0 Å². The van der Waals surface area contributed by atoms with Crippen LogP contribution in [0.25, 0.3) is 0 Å². The second-order valence-electron chi connectivity index (χ2n) is 2.40. The molecule has 11 heavy (non-hydrogen) atoms. The van der Waals surface area contributed by atoms with Crippen LogP contribution in [-0.2, 0) is 9.53 Å². The van der Waals surface area contributed by atoms with Gasteiger partial charge < -0.3 is 9.84 Å². The highest BCUT2D eigenvalue weighted by molar-refractivity contribution is 5.72. The predicted octanol–water partition coefficient (Wildman–Crippen LogP) is 0.958. The van der Waals surface area contributed by atoms with E-state index in [0.29, 0.717) is 0 Å². The van der Waals surface area contributed by atoms with Gasteiger partial charge in [0.1, 0.15) is 6.61 Å². The summed E-state index contributed by atoms with van der Waals surface area (Å²) in [6.07, 6.45) is 1.61. The van der Waals surface area contributed by atoms with Gasteiger partial charge in [-0.05, 0) is 12.8 Å². The van der Waals surface area contributed by atoms with Gasteiger partial charge in [-0.1, -0.05) is 13.8 Å². The third kappa shape index (κ3) is 3.98. The van der Waals surface area contributed by atoms with Gasteiger partial charge in [-0.15, -0.1) is 0 Å². The van der Waals surface area contributed by atoms with Crippen LogP contribution >= 0.6 is 0 Å². The van der Waals surface area contributed by atoms with Crippen molar-refractivity contribution in [2.45, 2.75) is 26.7 Å². The van der Waals surface area contributed by atoms with Crippen LogP contribution in [0.4, 0.5) is 0 Å². The van der Waals surface area contributed by atoms with Crippen molar-refractivity contribution in [2.24, 2.45) is 5.92 Å². The molecule has 0 saturated heterocycles. The van der Waals surface area contributed by atoms with Crippen molar-refractivity contribution in [3.8, 4) is 0 Å². The van der Waals surface area contributed by atoms with Crippen molar-refractivity contribution in [2.75, 3.05) is 13.2 Å². The number of ether oxygens (including phenoxy) is 1. The van der Waals surface area contributed by atoms with Crippen LogP contribution in [0.15, 0.2) is 0 Å². The fourth-order valence-electron chi connectivity index (χ4n) is 0.886. The first-order chi connectivity index (χ1) is 5.26. The molecule has 0 bridgehead atoms. The number of hydrogen-bond donors (Lipinski definition) is 1. The number of aliphatic hydroxyl groups is 1. The molecule has 0 radical (unpaired) electrons. The van der Waals surface area contributed by atoms with Gasteiger partial charge in [0.2, 0.25) is 0 Å². The van der Waals surface area contributed by atoms with E-state index >= 15 is 0 Å². The normalized spacial score (nSPS) is 10.2. The lowest BCUT2D eigenvalue weighted by molar-refractivity contribution is -0.149. The molecule has 0 atom stereocenters. The molecular weight excluding hydrogens is 144 g/mol. The number of esters is 1. The molecule has 0 aliphatic carbocycles. The van der Waals surface area contributed by atoms with E-state index in [0.717, 1.165) is 12.8 Å². The highest BCUT2D eigenvalue weighted by atomic mass is 16.5. The van der Waals surface area contributed by atoms with Crippen LogP contribution in [-0.4, -0.2) is 24.3 Å². The fourth-order valence-corrected chi connectivity index (χ4v) is 0.886. The maximum atomic E-state index is 11.0. The van der Waals surface area contributed by atoms with Crippen molar-refractivity contribution in [1.82, 2.24) is 0 Å². The monoisotopic (exact) mass is 160 g/mol. The number of hydrogen-bond acceptors (Lipinski definition) is 3. The Hall–Kier alpha value is -0.570. The number of carbonyl (C=O) groups is 1. The Morgan fingerprint density at radius 3 is 2.36 bits per heavy atom. The van der Waals surface area contributed by atoms with E-state index in [-0.39, 0.29) is 25.1 Å². The molecule has 3 nitrogen and oxygen atoms in total. The molecule has 0 aromatic rings. The molecule has 0 spiro atoms. The Morgan fingerprint density at radius 2 is 2.00 bits per heavy atom. The van der Waals surface area contributed by atoms with Gasteiger partial charge in [0.25, 0.3) is 0 Å². The summed E-state index contributed by atoms with van der Waals surface area (Å²) >= 11 is 0. The van der Waals surface area contributed by atoms with Crippen LogP contribution in [0.5, 0.6) is 0 Å². The summed E-state index contributed by atoms with van der Waals surface area (Å²) in [5.74, 6) is -0.189. The van der Waals surface area contributed by atoms with Gasteiger partial charge in [-0.25, -0.2) is 0 Å². The third-order valence-corrected chi connectivity index (χ3v) is 1.65. The summed E-state index contributed by atoms with van der Waals surface area (Å²) in [6, 6.07) is 0. The van der Waals surface area contributed by atoms with E-state index < -0.39 is 0 Å². The summed E-state index contributed by atoms with van der Waals surface area (Å²) in [7, 11) is 0. The number of rotatable bonds is 5. The first kappa shape index (κ1) is 10.4. The second-order valence-corrected chi connectivity index (χ2v) is 2.40. The van der Waals surface area contributed by atoms with Gasteiger partial charge >= 0.3 is 5.97 Å². The smallest absolute Gasteiger partial charge is 0.308 e. The summed E-state index contributed by atoms with van der Waals surface area (Å²) in [6.45, 7) is 3.93. The standard InChI is InChI=1S/C8H16O3/c1-3-7(4-2)8(10)11-6-5-9/h7,9H,3-6H2,1-2H3. The summed E-state index contributed by atoms with van der Waals surface area (Å²) in [4.78, 5) is 11.0. The van der Waals surface area contributed by atoms with Crippen molar-refractivity contribution in [1.29, 1.82) is 0 Å². The summed E-state index contributed by atoms with van der Waals surface area (Å²) in [5, 5.41) is 8.37. The van der Waals surface area contributed by atoms with E-state index in [1.165, 1.54) is 0 Å².